The first-order valence-corrected chi connectivity index (χ1v) is 6.98. The average Bonchev–Trinajstić information content (AvgIpc) is 2.50. The van der Waals surface area contributed by atoms with Crippen molar-refractivity contribution in [2.75, 3.05) is 17.7 Å². The topological polar surface area (TPSA) is 55.0 Å². The Kier molecular flexibility index (Phi) is 3.62. The molecule has 0 aliphatic carbocycles. The fraction of sp³-hybridized carbons (Fsp3) is 0.125. The highest BCUT2D eigenvalue weighted by atomic mass is 35.5. The summed E-state index contributed by atoms with van der Waals surface area (Å²) in [5, 5.41) is 1.72. The molecule has 0 bridgehead atoms. The second-order valence-corrected chi connectivity index (χ2v) is 5.33. The maximum absolute atomic E-state index is 6.23. The summed E-state index contributed by atoms with van der Waals surface area (Å²) in [6, 6.07) is 13.4. The zero-order valence-electron chi connectivity index (χ0n) is 11.6. The van der Waals surface area contributed by atoms with Crippen LogP contribution in [0.2, 0.25) is 5.02 Å². The summed E-state index contributed by atoms with van der Waals surface area (Å²) in [4.78, 5) is 10.7. The van der Waals surface area contributed by atoms with Gasteiger partial charge in [-0.25, -0.2) is 9.97 Å². The zero-order chi connectivity index (χ0) is 14.8. The third kappa shape index (κ3) is 2.76. The van der Waals surface area contributed by atoms with E-state index in [0.717, 1.165) is 22.3 Å². The third-order valence-corrected chi connectivity index (χ3v) is 3.73. The van der Waals surface area contributed by atoms with Crippen molar-refractivity contribution in [3.63, 3.8) is 0 Å². The molecule has 0 aliphatic rings. The second-order valence-electron chi connectivity index (χ2n) is 4.92. The van der Waals surface area contributed by atoms with Gasteiger partial charge in [-0.1, -0.05) is 23.7 Å². The molecule has 0 radical (unpaired) electrons. The van der Waals surface area contributed by atoms with E-state index in [1.54, 1.807) is 12.4 Å². The van der Waals surface area contributed by atoms with Gasteiger partial charge in [-0.3, -0.25) is 0 Å². The van der Waals surface area contributed by atoms with Crippen LogP contribution in [0.4, 0.5) is 11.5 Å². The summed E-state index contributed by atoms with van der Waals surface area (Å²) in [5.74, 6) is 0.874. The summed E-state index contributed by atoms with van der Waals surface area (Å²) in [6.45, 7) is 0.630. The summed E-state index contributed by atoms with van der Waals surface area (Å²) in [7, 11) is 1.98. The molecule has 3 rings (SSSR count). The van der Waals surface area contributed by atoms with Crippen LogP contribution < -0.4 is 10.6 Å². The van der Waals surface area contributed by atoms with E-state index in [1.807, 2.05) is 48.3 Å². The number of aromatic nitrogens is 2. The molecule has 106 valence electrons. The zero-order valence-corrected chi connectivity index (χ0v) is 12.4. The van der Waals surface area contributed by atoms with Crippen molar-refractivity contribution in [2.24, 2.45) is 0 Å². The average molecular weight is 299 g/mol. The van der Waals surface area contributed by atoms with Gasteiger partial charge < -0.3 is 10.6 Å². The molecule has 0 saturated carbocycles. The highest BCUT2D eigenvalue weighted by molar-refractivity contribution is 6.31. The first-order chi connectivity index (χ1) is 10.1. The van der Waals surface area contributed by atoms with Gasteiger partial charge in [0.1, 0.15) is 12.1 Å². The quantitative estimate of drug-likeness (QED) is 0.752. The van der Waals surface area contributed by atoms with E-state index in [9.17, 15) is 0 Å². The Bertz CT molecular complexity index is 783. The number of hydrogen-bond donors (Lipinski definition) is 1. The lowest BCUT2D eigenvalue weighted by Gasteiger charge is -2.20. The van der Waals surface area contributed by atoms with Crippen molar-refractivity contribution in [1.29, 1.82) is 0 Å². The standard InChI is InChI=1S/C16H15ClN4/c1-21(9-11-8-12(18)6-7-14(11)17)16-13-4-2-3-5-15(13)19-10-20-16/h2-8,10H,9,18H2,1H3. The minimum atomic E-state index is 0.630. The molecule has 5 heteroatoms. The number of para-hydroxylation sites is 1. The predicted octanol–water partition coefficient (Wildman–Crippen LogP) is 3.50. The van der Waals surface area contributed by atoms with Crippen molar-refractivity contribution in [3.8, 4) is 0 Å². The van der Waals surface area contributed by atoms with Crippen LogP contribution in [-0.2, 0) is 6.54 Å². The molecule has 2 N–H and O–H groups in total. The van der Waals surface area contributed by atoms with Crippen molar-refractivity contribution < 1.29 is 0 Å². The fourth-order valence-corrected chi connectivity index (χ4v) is 2.52. The molecule has 1 aromatic heterocycles. The van der Waals surface area contributed by atoms with E-state index in [0.29, 0.717) is 17.3 Å². The van der Waals surface area contributed by atoms with Crippen LogP contribution in [0.5, 0.6) is 0 Å². The van der Waals surface area contributed by atoms with Crippen LogP contribution in [-0.4, -0.2) is 17.0 Å². The molecule has 3 aromatic rings. The van der Waals surface area contributed by atoms with Crippen LogP contribution in [0.15, 0.2) is 48.8 Å². The molecule has 4 nitrogen and oxygen atoms in total. The normalized spacial score (nSPS) is 10.8. The Balaban J connectivity index is 1.97. The Morgan fingerprint density at radius 2 is 1.95 bits per heavy atom. The lowest BCUT2D eigenvalue weighted by Crippen LogP contribution is -2.18. The number of nitrogen functional groups attached to an aromatic ring is 1. The predicted molar refractivity (Wildman–Crippen MR) is 87.5 cm³/mol. The molecular weight excluding hydrogens is 284 g/mol. The third-order valence-electron chi connectivity index (χ3n) is 3.36. The Hall–Kier alpha value is -2.33. The van der Waals surface area contributed by atoms with Crippen LogP contribution in [0.25, 0.3) is 10.9 Å². The smallest absolute Gasteiger partial charge is 0.139 e. The number of nitrogens with two attached hydrogens (primary N) is 1. The fourth-order valence-electron chi connectivity index (χ4n) is 2.34. The largest absolute Gasteiger partial charge is 0.399 e. The van der Waals surface area contributed by atoms with E-state index in [2.05, 4.69) is 9.97 Å². The van der Waals surface area contributed by atoms with Crippen LogP contribution >= 0.6 is 11.6 Å². The molecule has 0 aliphatic heterocycles. The van der Waals surface area contributed by atoms with Gasteiger partial charge in [0.25, 0.3) is 0 Å². The lowest BCUT2D eigenvalue weighted by molar-refractivity contribution is 0.901. The van der Waals surface area contributed by atoms with E-state index >= 15 is 0 Å². The molecule has 0 spiro atoms. The van der Waals surface area contributed by atoms with Gasteiger partial charge in [0.2, 0.25) is 0 Å². The van der Waals surface area contributed by atoms with Gasteiger partial charge in [0.05, 0.1) is 5.52 Å². The van der Waals surface area contributed by atoms with Crippen molar-refractivity contribution in [1.82, 2.24) is 9.97 Å². The first kappa shape index (κ1) is 13.6. The minimum absolute atomic E-state index is 0.630. The maximum atomic E-state index is 6.23. The summed E-state index contributed by atoms with van der Waals surface area (Å²) < 4.78 is 0. The lowest BCUT2D eigenvalue weighted by atomic mass is 10.1. The second kappa shape index (κ2) is 5.58. The summed E-state index contributed by atoms with van der Waals surface area (Å²) in [5.41, 5.74) is 8.43. The number of hydrogen-bond acceptors (Lipinski definition) is 4. The molecule has 0 amide bonds. The number of nitrogens with zero attached hydrogens (tertiary/aromatic N) is 3. The van der Waals surface area contributed by atoms with Gasteiger partial charge >= 0.3 is 0 Å². The number of benzene rings is 2. The minimum Gasteiger partial charge on any atom is -0.399 e. The van der Waals surface area contributed by atoms with Gasteiger partial charge in [-0.15, -0.1) is 0 Å². The van der Waals surface area contributed by atoms with Gasteiger partial charge in [-0.05, 0) is 35.9 Å². The summed E-state index contributed by atoms with van der Waals surface area (Å²) in [6.07, 6.45) is 1.58. The van der Waals surface area contributed by atoms with Gasteiger partial charge in [-0.2, -0.15) is 0 Å². The maximum Gasteiger partial charge on any atom is 0.139 e. The molecule has 0 saturated heterocycles. The highest BCUT2D eigenvalue weighted by Gasteiger charge is 2.10. The number of rotatable bonds is 3. The Morgan fingerprint density at radius 1 is 1.14 bits per heavy atom. The van der Waals surface area contributed by atoms with Crippen molar-refractivity contribution >= 4 is 34.0 Å². The Morgan fingerprint density at radius 3 is 2.81 bits per heavy atom. The van der Waals surface area contributed by atoms with Crippen LogP contribution in [0.1, 0.15) is 5.56 Å². The molecule has 1 heterocycles. The monoisotopic (exact) mass is 298 g/mol. The Labute approximate surface area is 128 Å². The molecule has 0 fully saturated rings. The van der Waals surface area contributed by atoms with E-state index in [1.165, 1.54) is 0 Å². The highest BCUT2D eigenvalue weighted by Crippen LogP contribution is 2.25. The first-order valence-electron chi connectivity index (χ1n) is 6.60. The van der Waals surface area contributed by atoms with Crippen LogP contribution in [0, 0.1) is 0 Å². The van der Waals surface area contributed by atoms with Gasteiger partial charge in [0, 0.05) is 29.7 Å². The molecular formula is C16H15ClN4. The molecule has 2 aromatic carbocycles. The van der Waals surface area contributed by atoms with Crippen LogP contribution in [0.3, 0.4) is 0 Å². The van der Waals surface area contributed by atoms with E-state index < -0.39 is 0 Å². The number of anilines is 2. The van der Waals surface area contributed by atoms with E-state index in [-0.39, 0.29) is 0 Å². The number of fused-ring (bicyclic) bond motifs is 1. The molecule has 0 atom stereocenters. The molecule has 21 heavy (non-hydrogen) atoms. The number of halogens is 1. The molecule has 0 unspecified atom stereocenters. The van der Waals surface area contributed by atoms with Gasteiger partial charge in [0.15, 0.2) is 0 Å². The van der Waals surface area contributed by atoms with Crippen molar-refractivity contribution in [3.05, 3.63) is 59.4 Å². The van der Waals surface area contributed by atoms with E-state index in [4.69, 9.17) is 17.3 Å². The SMILES string of the molecule is CN(Cc1cc(N)ccc1Cl)c1ncnc2ccccc12. The summed E-state index contributed by atoms with van der Waals surface area (Å²) >= 11 is 6.23. The van der Waals surface area contributed by atoms with Crippen molar-refractivity contribution in [2.45, 2.75) is 6.54 Å².